The predicted molar refractivity (Wildman–Crippen MR) is 36.2 cm³/mol. The van der Waals surface area contributed by atoms with Crippen LogP contribution >= 0.6 is 0 Å². The Kier molecular flexibility index (Phi) is 3.48. The first kappa shape index (κ1) is 8.96. The first-order chi connectivity index (χ1) is 4.63. The van der Waals surface area contributed by atoms with Crippen LogP contribution in [0.1, 0.15) is 20.3 Å². The van der Waals surface area contributed by atoms with E-state index in [4.69, 9.17) is 10.4 Å². The third-order valence-corrected chi connectivity index (χ3v) is 1.62. The van der Waals surface area contributed by atoms with Gasteiger partial charge in [0.05, 0.1) is 6.07 Å². The quantitative estimate of drug-likeness (QED) is 0.643. The van der Waals surface area contributed by atoms with Gasteiger partial charge in [-0.25, -0.2) is 0 Å². The molecule has 10 heavy (non-hydrogen) atoms. The number of aliphatic carboxylic acids is 1. The Morgan fingerprint density at radius 2 is 2.30 bits per heavy atom. The standard InChI is InChI=1S/C7H11NO2/c1-3-5(2)6(4-8)7(9)10/h5-6H,3H2,1-2H3,(H,9,10). The fourth-order valence-corrected chi connectivity index (χ4v) is 0.662. The predicted octanol–water partition coefficient (Wildman–Crippen LogP) is 1.26. The van der Waals surface area contributed by atoms with Crippen LogP contribution in [0.5, 0.6) is 0 Å². The van der Waals surface area contributed by atoms with Crippen LogP contribution < -0.4 is 0 Å². The molecule has 0 radical (unpaired) electrons. The van der Waals surface area contributed by atoms with E-state index in [0.29, 0.717) is 0 Å². The molecular weight excluding hydrogens is 130 g/mol. The van der Waals surface area contributed by atoms with E-state index in [1.807, 2.05) is 6.92 Å². The van der Waals surface area contributed by atoms with Gasteiger partial charge in [0.1, 0.15) is 5.92 Å². The molecule has 3 heteroatoms. The minimum Gasteiger partial charge on any atom is -0.480 e. The van der Waals surface area contributed by atoms with E-state index >= 15 is 0 Å². The maximum atomic E-state index is 10.3. The van der Waals surface area contributed by atoms with Gasteiger partial charge in [-0.2, -0.15) is 5.26 Å². The topological polar surface area (TPSA) is 61.1 Å². The molecule has 2 atom stereocenters. The smallest absolute Gasteiger partial charge is 0.321 e. The minimum absolute atomic E-state index is 0.0532. The molecule has 1 N–H and O–H groups in total. The number of carbonyl (C=O) groups is 1. The van der Waals surface area contributed by atoms with Gasteiger partial charge >= 0.3 is 5.97 Å². The summed E-state index contributed by atoms with van der Waals surface area (Å²) in [7, 11) is 0. The van der Waals surface area contributed by atoms with Crippen molar-refractivity contribution in [2.24, 2.45) is 11.8 Å². The van der Waals surface area contributed by atoms with Crippen molar-refractivity contribution in [3.05, 3.63) is 0 Å². The summed E-state index contributed by atoms with van der Waals surface area (Å²) in [6.45, 7) is 3.64. The lowest BCUT2D eigenvalue weighted by atomic mass is 9.93. The fraction of sp³-hybridized carbons (Fsp3) is 0.714. The Labute approximate surface area is 60.3 Å². The van der Waals surface area contributed by atoms with Crippen LogP contribution in [0.2, 0.25) is 0 Å². The molecule has 0 aliphatic carbocycles. The molecule has 0 fully saturated rings. The maximum absolute atomic E-state index is 10.3. The third kappa shape index (κ3) is 2.06. The van der Waals surface area contributed by atoms with Crippen molar-refractivity contribution in [1.29, 1.82) is 5.26 Å². The molecule has 0 aromatic carbocycles. The Balaban J connectivity index is 4.10. The van der Waals surface area contributed by atoms with Crippen LogP contribution in [0.15, 0.2) is 0 Å². The van der Waals surface area contributed by atoms with Crippen LogP contribution in [0.25, 0.3) is 0 Å². The molecular formula is C7H11NO2. The van der Waals surface area contributed by atoms with Crippen molar-refractivity contribution in [2.45, 2.75) is 20.3 Å². The van der Waals surface area contributed by atoms with Gasteiger partial charge in [-0.3, -0.25) is 4.79 Å². The largest absolute Gasteiger partial charge is 0.480 e. The molecule has 0 bridgehead atoms. The van der Waals surface area contributed by atoms with Crippen molar-refractivity contribution < 1.29 is 9.90 Å². The Morgan fingerprint density at radius 3 is 2.40 bits per heavy atom. The zero-order valence-corrected chi connectivity index (χ0v) is 6.16. The van der Waals surface area contributed by atoms with Gasteiger partial charge in [-0.1, -0.05) is 20.3 Å². The van der Waals surface area contributed by atoms with E-state index in [0.717, 1.165) is 6.42 Å². The highest BCUT2D eigenvalue weighted by Gasteiger charge is 2.22. The van der Waals surface area contributed by atoms with Crippen molar-refractivity contribution in [2.75, 3.05) is 0 Å². The lowest BCUT2D eigenvalue weighted by molar-refractivity contribution is -0.141. The Hall–Kier alpha value is -1.04. The van der Waals surface area contributed by atoms with Gasteiger partial charge in [-0.05, 0) is 5.92 Å². The van der Waals surface area contributed by atoms with Gasteiger partial charge in [-0.15, -0.1) is 0 Å². The summed E-state index contributed by atoms with van der Waals surface area (Å²) in [6, 6.07) is 1.75. The van der Waals surface area contributed by atoms with E-state index in [1.165, 1.54) is 0 Å². The molecule has 0 spiro atoms. The fourth-order valence-electron chi connectivity index (χ4n) is 0.662. The molecule has 2 unspecified atom stereocenters. The number of hydrogen-bond acceptors (Lipinski definition) is 2. The Bertz CT molecular complexity index is 159. The molecule has 3 nitrogen and oxygen atoms in total. The molecule has 0 saturated heterocycles. The van der Waals surface area contributed by atoms with E-state index in [-0.39, 0.29) is 5.92 Å². The van der Waals surface area contributed by atoms with Crippen molar-refractivity contribution in [3.8, 4) is 6.07 Å². The Morgan fingerprint density at radius 1 is 1.80 bits per heavy atom. The van der Waals surface area contributed by atoms with Gasteiger partial charge < -0.3 is 5.11 Å². The highest BCUT2D eigenvalue weighted by molar-refractivity contribution is 5.73. The average molecular weight is 141 g/mol. The summed E-state index contributed by atoms with van der Waals surface area (Å²) in [4.78, 5) is 10.3. The van der Waals surface area contributed by atoms with E-state index < -0.39 is 11.9 Å². The van der Waals surface area contributed by atoms with Gasteiger partial charge in [0, 0.05) is 0 Å². The minimum atomic E-state index is -1.02. The lowest BCUT2D eigenvalue weighted by Crippen LogP contribution is -2.18. The first-order valence-electron chi connectivity index (χ1n) is 3.25. The number of nitrogens with zero attached hydrogens (tertiary/aromatic N) is 1. The summed E-state index contributed by atoms with van der Waals surface area (Å²) in [6.07, 6.45) is 0.727. The summed E-state index contributed by atoms with van der Waals surface area (Å²) >= 11 is 0. The molecule has 0 saturated carbocycles. The van der Waals surface area contributed by atoms with E-state index in [9.17, 15) is 4.79 Å². The second-order valence-electron chi connectivity index (χ2n) is 2.33. The maximum Gasteiger partial charge on any atom is 0.321 e. The number of carboxylic acids is 1. The lowest BCUT2D eigenvalue weighted by Gasteiger charge is -2.09. The molecule has 0 aliphatic rings. The molecule has 0 aromatic rings. The van der Waals surface area contributed by atoms with Crippen LogP contribution in [-0.4, -0.2) is 11.1 Å². The van der Waals surface area contributed by atoms with E-state index in [2.05, 4.69) is 0 Å². The zero-order valence-electron chi connectivity index (χ0n) is 6.16. The molecule has 0 rings (SSSR count). The molecule has 0 amide bonds. The molecule has 0 aromatic heterocycles. The van der Waals surface area contributed by atoms with Gasteiger partial charge in [0.25, 0.3) is 0 Å². The summed E-state index contributed by atoms with van der Waals surface area (Å²) in [5, 5.41) is 16.8. The number of nitriles is 1. The molecule has 56 valence electrons. The first-order valence-corrected chi connectivity index (χ1v) is 3.25. The van der Waals surface area contributed by atoms with Crippen LogP contribution in [-0.2, 0) is 4.79 Å². The molecule has 0 heterocycles. The number of rotatable bonds is 3. The summed E-state index contributed by atoms with van der Waals surface area (Å²) in [5.41, 5.74) is 0. The number of carboxylic acid groups (broad SMARTS) is 1. The summed E-state index contributed by atoms with van der Waals surface area (Å²) < 4.78 is 0. The van der Waals surface area contributed by atoms with Crippen molar-refractivity contribution >= 4 is 5.97 Å². The molecule has 0 aliphatic heterocycles. The van der Waals surface area contributed by atoms with Gasteiger partial charge in [0.15, 0.2) is 0 Å². The monoisotopic (exact) mass is 141 g/mol. The number of hydrogen-bond donors (Lipinski definition) is 1. The van der Waals surface area contributed by atoms with Crippen molar-refractivity contribution in [3.63, 3.8) is 0 Å². The SMILES string of the molecule is CCC(C)C(C#N)C(=O)O. The second-order valence-corrected chi connectivity index (χ2v) is 2.33. The van der Waals surface area contributed by atoms with Crippen LogP contribution in [0.3, 0.4) is 0 Å². The van der Waals surface area contributed by atoms with Crippen LogP contribution in [0.4, 0.5) is 0 Å². The average Bonchev–Trinajstić information content (AvgIpc) is 1.88. The third-order valence-electron chi connectivity index (χ3n) is 1.62. The highest BCUT2D eigenvalue weighted by Crippen LogP contribution is 2.13. The summed E-state index contributed by atoms with van der Waals surface area (Å²) in [5.74, 6) is -1.91. The second kappa shape index (κ2) is 3.89. The van der Waals surface area contributed by atoms with Gasteiger partial charge in [0.2, 0.25) is 0 Å². The zero-order chi connectivity index (χ0) is 8.15. The van der Waals surface area contributed by atoms with E-state index in [1.54, 1.807) is 13.0 Å². The normalized spacial score (nSPS) is 15.3. The highest BCUT2D eigenvalue weighted by atomic mass is 16.4. The van der Waals surface area contributed by atoms with Crippen LogP contribution in [0, 0.1) is 23.2 Å². The van der Waals surface area contributed by atoms with Crippen molar-refractivity contribution in [1.82, 2.24) is 0 Å².